The molecule has 0 radical (unpaired) electrons. The van der Waals surface area contributed by atoms with Gasteiger partial charge < -0.3 is 20.1 Å². The van der Waals surface area contributed by atoms with E-state index in [1.54, 1.807) is 0 Å². The maximum Gasteiger partial charge on any atom is 0.350 e. The molecule has 30 heavy (non-hydrogen) atoms. The topological polar surface area (TPSA) is 139 Å². The molecule has 168 valence electrons. The number of hydrogen-bond donors (Lipinski definition) is 3. The van der Waals surface area contributed by atoms with Gasteiger partial charge in [-0.15, -0.1) is 0 Å². The number of ketones is 2. The summed E-state index contributed by atoms with van der Waals surface area (Å²) in [6.07, 6.45) is 0.322. The van der Waals surface area contributed by atoms with Crippen LogP contribution in [-0.4, -0.2) is 61.4 Å². The summed E-state index contributed by atoms with van der Waals surface area (Å²) in [5, 5.41) is 28.3. The molecule has 1 aliphatic rings. The normalized spacial score (nSPS) is 23.6. The molecule has 1 fully saturated rings. The molecule has 0 amide bonds. The third-order valence-corrected chi connectivity index (χ3v) is 5.18. The van der Waals surface area contributed by atoms with Crippen molar-refractivity contribution in [3.05, 3.63) is 28.2 Å². The molecule has 4 atom stereocenters. The first-order valence-electron chi connectivity index (χ1n) is 10.2. The van der Waals surface area contributed by atoms with Crippen molar-refractivity contribution in [3.8, 4) is 0 Å². The second-order valence-corrected chi connectivity index (χ2v) is 7.62. The smallest absolute Gasteiger partial charge is 0.350 e. The fraction of sp³-hybridized carbons (Fsp3) is 0.700. The lowest BCUT2D eigenvalue weighted by atomic mass is 10.0. The van der Waals surface area contributed by atoms with Gasteiger partial charge in [-0.05, 0) is 19.8 Å². The fourth-order valence-electron chi connectivity index (χ4n) is 3.37. The molecule has 9 nitrogen and oxygen atoms in total. The highest BCUT2D eigenvalue weighted by atomic mass is 19.1. The lowest BCUT2D eigenvalue weighted by Gasteiger charge is -2.17. The predicted octanol–water partition coefficient (Wildman–Crippen LogP) is 0.425. The molecule has 0 unspecified atom stereocenters. The summed E-state index contributed by atoms with van der Waals surface area (Å²) in [6, 6.07) is 0. The molecule has 10 heteroatoms. The number of nitrogens with zero attached hydrogens (tertiary/aromatic N) is 2. The van der Waals surface area contributed by atoms with Gasteiger partial charge in [0, 0.05) is 19.0 Å². The number of carbonyl (C=O) groups excluding carboxylic acids is 2. The summed E-state index contributed by atoms with van der Waals surface area (Å²) in [5.74, 6) is -1.28. The van der Waals surface area contributed by atoms with Crippen molar-refractivity contribution in [3.63, 3.8) is 0 Å². The van der Waals surface area contributed by atoms with Crippen molar-refractivity contribution >= 4 is 11.6 Å². The number of unbranched alkanes of at least 4 members (excludes halogenated alkanes) is 4. The number of aromatic nitrogens is 2. The van der Waals surface area contributed by atoms with Crippen LogP contribution in [0.2, 0.25) is 0 Å². The molecular formula is C20H29FN2O7. The Hall–Kier alpha value is -2.01. The summed E-state index contributed by atoms with van der Waals surface area (Å²) in [7, 11) is 0. The van der Waals surface area contributed by atoms with Gasteiger partial charge in [0.25, 0.3) is 0 Å². The Balaban J connectivity index is 1.81. The number of aliphatic hydroxyl groups is 3. The number of Topliss-reactive ketones (excluding diaryl/α,β-unsaturated/α-hetero) is 2. The zero-order valence-electron chi connectivity index (χ0n) is 17.0. The van der Waals surface area contributed by atoms with Crippen LogP contribution in [0.3, 0.4) is 0 Å². The SMILES string of the molecule is C[C@H]1O[C@@H](n2cc(F)c(CC(=O)CCCCCCCC(=O)CO)nc2=O)[C@H](O)[C@@H]1O. The number of ether oxygens (including phenoxy) is 1. The molecule has 1 saturated heterocycles. The fourth-order valence-corrected chi connectivity index (χ4v) is 3.37. The molecular weight excluding hydrogens is 399 g/mol. The summed E-state index contributed by atoms with van der Waals surface area (Å²) in [5.41, 5.74) is -1.13. The summed E-state index contributed by atoms with van der Waals surface area (Å²) >= 11 is 0. The van der Waals surface area contributed by atoms with E-state index in [2.05, 4.69) is 4.98 Å². The van der Waals surface area contributed by atoms with Gasteiger partial charge in [-0.3, -0.25) is 14.2 Å². The van der Waals surface area contributed by atoms with Gasteiger partial charge in [0.2, 0.25) is 0 Å². The maximum atomic E-state index is 14.4. The molecule has 0 saturated carbocycles. The average molecular weight is 428 g/mol. The Bertz CT molecular complexity index is 798. The summed E-state index contributed by atoms with van der Waals surface area (Å²) in [4.78, 5) is 38.9. The van der Waals surface area contributed by atoms with Crippen molar-refractivity contribution in [2.45, 2.75) is 82.8 Å². The highest BCUT2D eigenvalue weighted by Crippen LogP contribution is 2.28. The standard InChI is InChI=1S/C20H29FN2O7/c1-12-17(27)18(28)19(30-12)23-10-15(21)16(22-20(23)29)9-13(25)7-5-3-2-4-6-8-14(26)11-24/h10,12,17-19,24,27-28H,2-9,11H2,1H3/t12-,17-,18-,19-/m1/s1. The minimum atomic E-state index is -1.40. The summed E-state index contributed by atoms with van der Waals surface area (Å²) < 4.78 is 20.4. The van der Waals surface area contributed by atoms with Crippen molar-refractivity contribution in [1.82, 2.24) is 9.55 Å². The van der Waals surface area contributed by atoms with E-state index < -0.39 is 42.7 Å². The molecule has 3 N–H and O–H groups in total. The first-order valence-corrected chi connectivity index (χ1v) is 10.2. The minimum absolute atomic E-state index is 0.179. The highest BCUT2D eigenvalue weighted by molar-refractivity contribution is 5.80. The molecule has 0 bridgehead atoms. The first kappa shape index (κ1) is 24.3. The maximum absolute atomic E-state index is 14.4. The quantitative estimate of drug-likeness (QED) is 0.407. The van der Waals surface area contributed by atoms with E-state index >= 15 is 0 Å². The lowest BCUT2D eigenvalue weighted by molar-refractivity contribution is -0.122. The molecule has 1 aromatic rings. The Morgan fingerprint density at radius 2 is 1.70 bits per heavy atom. The van der Waals surface area contributed by atoms with Gasteiger partial charge in [-0.2, -0.15) is 4.98 Å². The van der Waals surface area contributed by atoms with Gasteiger partial charge >= 0.3 is 5.69 Å². The van der Waals surface area contributed by atoms with Gasteiger partial charge in [0.05, 0.1) is 18.2 Å². The van der Waals surface area contributed by atoms with Crippen LogP contribution in [0.15, 0.2) is 11.0 Å². The van der Waals surface area contributed by atoms with E-state index in [9.17, 15) is 29.0 Å². The van der Waals surface area contributed by atoms with Crippen molar-refractivity contribution in [1.29, 1.82) is 0 Å². The average Bonchev–Trinajstić information content (AvgIpc) is 2.96. The van der Waals surface area contributed by atoms with Crippen LogP contribution in [0.4, 0.5) is 4.39 Å². The van der Waals surface area contributed by atoms with Crippen LogP contribution in [-0.2, 0) is 20.7 Å². The zero-order valence-corrected chi connectivity index (χ0v) is 17.0. The van der Waals surface area contributed by atoms with Crippen LogP contribution in [0.1, 0.15) is 63.8 Å². The monoisotopic (exact) mass is 428 g/mol. The molecule has 1 aromatic heterocycles. The van der Waals surface area contributed by atoms with Crippen LogP contribution in [0, 0.1) is 5.82 Å². The van der Waals surface area contributed by atoms with Crippen molar-refractivity contribution in [2.75, 3.05) is 6.61 Å². The Kier molecular flexibility index (Phi) is 9.22. The second-order valence-electron chi connectivity index (χ2n) is 7.62. The lowest BCUT2D eigenvalue weighted by Crippen LogP contribution is -2.36. The van der Waals surface area contributed by atoms with E-state index in [1.807, 2.05) is 0 Å². The third-order valence-electron chi connectivity index (χ3n) is 5.18. The number of aliphatic hydroxyl groups excluding tert-OH is 3. The minimum Gasteiger partial charge on any atom is -0.389 e. The van der Waals surface area contributed by atoms with Crippen LogP contribution >= 0.6 is 0 Å². The Morgan fingerprint density at radius 3 is 2.27 bits per heavy atom. The van der Waals surface area contributed by atoms with Crippen LogP contribution in [0.5, 0.6) is 0 Å². The molecule has 0 spiro atoms. The number of halogens is 1. The van der Waals surface area contributed by atoms with Crippen molar-refractivity contribution < 1.29 is 34.0 Å². The number of hydrogen-bond acceptors (Lipinski definition) is 8. The predicted molar refractivity (Wildman–Crippen MR) is 103 cm³/mol. The first-order chi connectivity index (χ1) is 14.2. The molecule has 1 aliphatic heterocycles. The molecule has 2 heterocycles. The summed E-state index contributed by atoms with van der Waals surface area (Å²) in [6.45, 7) is 1.09. The van der Waals surface area contributed by atoms with E-state index in [4.69, 9.17) is 9.84 Å². The van der Waals surface area contributed by atoms with Gasteiger partial charge in [-0.25, -0.2) is 9.18 Å². The van der Waals surface area contributed by atoms with E-state index in [-0.39, 0.29) is 30.1 Å². The van der Waals surface area contributed by atoms with E-state index in [0.29, 0.717) is 19.3 Å². The van der Waals surface area contributed by atoms with E-state index in [0.717, 1.165) is 30.0 Å². The van der Waals surface area contributed by atoms with Crippen molar-refractivity contribution in [2.24, 2.45) is 0 Å². The molecule has 0 aliphatic carbocycles. The highest BCUT2D eigenvalue weighted by Gasteiger charge is 2.42. The van der Waals surface area contributed by atoms with Crippen LogP contribution < -0.4 is 5.69 Å². The van der Waals surface area contributed by atoms with E-state index in [1.165, 1.54) is 6.92 Å². The third kappa shape index (κ3) is 6.49. The number of rotatable bonds is 12. The van der Waals surface area contributed by atoms with Crippen LogP contribution in [0.25, 0.3) is 0 Å². The molecule has 2 rings (SSSR count). The Labute approximate surface area is 173 Å². The van der Waals surface area contributed by atoms with Gasteiger partial charge in [0.1, 0.15) is 24.6 Å². The van der Waals surface area contributed by atoms with Gasteiger partial charge in [0.15, 0.2) is 17.8 Å². The largest absolute Gasteiger partial charge is 0.389 e. The van der Waals surface area contributed by atoms with Gasteiger partial charge in [-0.1, -0.05) is 19.3 Å². The molecule has 0 aromatic carbocycles. The Morgan fingerprint density at radius 1 is 1.10 bits per heavy atom. The number of carbonyl (C=O) groups is 2. The second kappa shape index (κ2) is 11.4. The zero-order chi connectivity index (χ0) is 22.3.